The van der Waals surface area contributed by atoms with Gasteiger partial charge in [0.25, 0.3) is 5.91 Å². The molecular formula is C18H22N2O2. The standard InChI is InChI=1S/C18H22N2O2/c1-22-14-13-19-11-12-20-18(21)17-9-7-16(8-10-17)15-5-3-2-4-6-15/h2-10,19H,11-14H2,1H3,(H,20,21). The minimum Gasteiger partial charge on any atom is -0.383 e. The molecule has 0 unspecified atom stereocenters. The second-order valence-corrected chi connectivity index (χ2v) is 4.94. The number of hydrogen-bond donors (Lipinski definition) is 2. The zero-order chi connectivity index (χ0) is 15.6. The van der Waals surface area contributed by atoms with E-state index in [0.29, 0.717) is 18.7 Å². The Balaban J connectivity index is 1.81. The molecule has 22 heavy (non-hydrogen) atoms. The van der Waals surface area contributed by atoms with Crippen molar-refractivity contribution in [3.8, 4) is 11.1 Å². The first-order chi connectivity index (χ1) is 10.8. The summed E-state index contributed by atoms with van der Waals surface area (Å²) in [6.07, 6.45) is 0. The molecule has 0 spiro atoms. The summed E-state index contributed by atoms with van der Waals surface area (Å²) >= 11 is 0. The highest BCUT2D eigenvalue weighted by molar-refractivity contribution is 5.94. The molecule has 0 aromatic heterocycles. The summed E-state index contributed by atoms with van der Waals surface area (Å²) in [4.78, 5) is 12.0. The molecular weight excluding hydrogens is 276 g/mol. The Morgan fingerprint density at radius 3 is 2.27 bits per heavy atom. The third-order valence-corrected chi connectivity index (χ3v) is 3.32. The van der Waals surface area contributed by atoms with E-state index in [1.807, 2.05) is 42.5 Å². The average Bonchev–Trinajstić information content (AvgIpc) is 2.59. The van der Waals surface area contributed by atoms with Crippen LogP contribution < -0.4 is 10.6 Å². The minimum atomic E-state index is -0.0480. The third kappa shape index (κ3) is 4.98. The van der Waals surface area contributed by atoms with E-state index in [-0.39, 0.29) is 5.91 Å². The Bertz CT molecular complexity index is 567. The lowest BCUT2D eigenvalue weighted by Crippen LogP contribution is -2.33. The van der Waals surface area contributed by atoms with Gasteiger partial charge in [0.15, 0.2) is 0 Å². The molecule has 4 nitrogen and oxygen atoms in total. The second-order valence-electron chi connectivity index (χ2n) is 4.94. The fourth-order valence-electron chi connectivity index (χ4n) is 2.11. The van der Waals surface area contributed by atoms with Gasteiger partial charge in [0.05, 0.1) is 6.61 Å². The Kier molecular flexibility index (Phi) is 6.61. The van der Waals surface area contributed by atoms with Gasteiger partial charge >= 0.3 is 0 Å². The van der Waals surface area contributed by atoms with Crippen LogP contribution in [0.5, 0.6) is 0 Å². The topological polar surface area (TPSA) is 50.4 Å². The van der Waals surface area contributed by atoms with Gasteiger partial charge in [0.2, 0.25) is 0 Å². The molecule has 2 rings (SSSR count). The lowest BCUT2D eigenvalue weighted by Gasteiger charge is -2.07. The first-order valence-corrected chi connectivity index (χ1v) is 7.44. The first-order valence-electron chi connectivity index (χ1n) is 7.44. The van der Waals surface area contributed by atoms with Crippen LogP contribution in [0.4, 0.5) is 0 Å². The van der Waals surface area contributed by atoms with Crippen LogP contribution in [-0.4, -0.2) is 39.3 Å². The average molecular weight is 298 g/mol. The predicted molar refractivity (Wildman–Crippen MR) is 89.0 cm³/mol. The van der Waals surface area contributed by atoms with Crippen molar-refractivity contribution in [2.24, 2.45) is 0 Å². The van der Waals surface area contributed by atoms with Crippen molar-refractivity contribution < 1.29 is 9.53 Å². The molecule has 116 valence electrons. The lowest BCUT2D eigenvalue weighted by atomic mass is 10.0. The summed E-state index contributed by atoms with van der Waals surface area (Å²) in [5, 5.41) is 6.08. The molecule has 0 aliphatic carbocycles. The highest BCUT2D eigenvalue weighted by Crippen LogP contribution is 2.19. The van der Waals surface area contributed by atoms with Crippen LogP contribution in [0.3, 0.4) is 0 Å². The summed E-state index contributed by atoms with van der Waals surface area (Å²) in [6, 6.07) is 17.8. The van der Waals surface area contributed by atoms with Crippen molar-refractivity contribution in [2.75, 3.05) is 33.4 Å². The smallest absolute Gasteiger partial charge is 0.251 e. The highest BCUT2D eigenvalue weighted by atomic mass is 16.5. The maximum absolute atomic E-state index is 12.0. The number of carbonyl (C=O) groups excluding carboxylic acids is 1. The molecule has 0 atom stereocenters. The zero-order valence-corrected chi connectivity index (χ0v) is 12.8. The molecule has 4 heteroatoms. The number of nitrogens with one attached hydrogen (secondary N) is 2. The number of benzene rings is 2. The van der Waals surface area contributed by atoms with Crippen molar-refractivity contribution in [3.05, 3.63) is 60.2 Å². The molecule has 0 heterocycles. The molecule has 0 saturated heterocycles. The summed E-state index contributed by atoms with van der Waals surface area (Å²) < 4.78 is 4.94. The molecule has 1 amide bonds. The van der Waals surface area contributed by atoms with Crippen molar-refractivity contribution >= 4 is 5.91 Å². The van der Waals surface area contributed by atoms with Gasteiger partial charge in [0.1, 0.15) is 0 Å². The Morgan fingerprint density at radius 2 is 1.59 bits per heavy atom. The van der Waals surface area contributed by atoms with Crippen molar-refractivity contribution in [1.29, 1.82) is 0 Å². The Labute approximate surface area is 131 Å². The van der Waals surface area contributed by atoms with Gasteiger partial charge in [-0.15, -0.1) is 0 Å². The second kappa shape index (κ2) is 8.97. The number of amides is 1. The molecule has 0 fully saturated rings. The van der Waals surface area contributed by atoms with Gasteiger partial charge in [-0.2, -0.15) is 0 Å². The van der Waals surface area contributed by atoms with Crippen molar-refractivity contribution in [3.63, 3.8) is 0 Å². The maximum Gasteiger partial charge on any atom is 0.251 e. The van der Waals surface area contributed by atoms with Gasteiger partial charge in [-0.3, -0.25) is 4.79 Å². The quantitative estimate of drug-likeness (QED) is 0.735. The first kappa shape index (κ1) is 16.2. The molecule has 0 radical (unpaired) electrons. The molecule has 0 aliphatic heterocycles. The van der Waals surface area contributed by atoms with Gasteiger partial charge in [-0.25, -0.2) is 0 Å². The van der Waals surface area contributed by atoms with E-state index in [2.05, 4.69) is 22.8 Å². The predicted octanol–water partition coefficient (Wildman–Crippen LogP) is 2.32. The van der Waals surface area contributed by atoms with E-state index < -0.39 is 0 Å². The van der Waals surface area contributed by atoms with Crippen molar-refractivity contribution in [1.82, 2.24) is 10.6 Å². The molecule has 2 aromatic rings. The summed E-state index contributed by atoms with van der Waals surface area (Å²) in [7, 11) is 1.67. The van der Waals surface area contributed by atoms with E-state index in [4.69, 9.17) is 4.74 Å². The third-order valence-electron chi connectivity index (χ3n) is 3.32. The molecule has 0 bridgehead atoms. The van der Waals surface area contributed by atoms with E-state index >= 15 is 0 Å². The molecule has 2 N–H and O–H groups in total. The minimum absolute atomic E-state index is 0.0480. The summed E-state index contributed by atoms with van der Waals surface area (Å²) in [5.74, 6) is -0.0480. The maximum atomic E-state index is 12.0. The Morgan fingerprint density at radius 1 is 0.909 bits per heavy atom. The SMILES string of the molecule is COCCNCCNC(=O)c1ccc(-c2ccccc2)cc1. The van der Waals surface area contributed by atoms with Gasteiger partial charge in [0, 0.05) is 32.3 Å². The Hall–Kier alpha value is -2.17. The summed E-state index contributed by atoms with van der Waals surface area (Å²) in [6.45, 7) is 2.80. The molecule has 0 aliphatic rings. The van der Waals surface area contributed by atoms with E-state index in [1.54, 1.807) is 7.11 Å². The normalized spacial score (nSPS) is 10.4. The van der Waals surface area contributed by atoms with Gasteiger partial charge in [-0.05, 0) is 23.3 Å². The van der Waals surface area contributed by atoms with Crippen LogP contribution >= 0.6 is 0 Å². The van der Waals surface area contributed by atoms with Gasteiger partial charge in [-0.1, -0.05) is 42.5 Å². The zero-order valence-electron chi connectivity index (χ0n) is 12.8. The highest BCUT2D eigenvalue weighted by Gasteiger charge is 2.05. The number of ether oxygens (including phenoxy) is 1. The fraction of sp³-hybridized carbons (Fsp3) is 0.278. The van der Waals surface area contributed by atoms with Crippen LogP contribution in [0.2, 0.25) is 0 Å². The van der Waals surface area contributed by atoms with Crippen LogP contribution in [0.25, 0.3) is 11.1 Å². The van der Waals surface area contributed by atoms with Crippen LogP contribution in [-0.2, 0) is 4.74 Å². The fourth-order valence-corrected chi connectivity index (χ4v) is 2.11. The number of carbonyl (C=O) groups is 1. The number of rotatable bonds is 8. The van der Waals surface area contributed by atoms with Crippen molar-refractivity contribution in [2.45, 2.75) is 0 Å². The molecule has 2 aromatic carbocycles. The monoisotopic (exact) mass is 298 g/mol. The van der Waals surface area contributed by atoms with E-state index in [1.165, 1.54) is 0 Å². The van der Waals surface area contributed by atoms with Gasteiger partial charge < -0.3 is 15.4 Å². The van der Waals surface area contributed by atoms with Crippen LogP contribution in [0, 0.1) is 0 Å². The lowest BCUT2D eigenvalue weighted by molar-refractivity contribution is 0.0953. The largest absolute Gasteiger partial charge is 0.383 e. The van der Waals surface area contributed by atoms with E-state index in [9.17, 15) is 4.79 Å². The number of methoxy groups -OCH3 is 1. The van der Waals surface area contributed by atoms with Crippen LogP contribution in [0.1, 0.15) is 10.4 Å². The van der Waals surface area contributed by atoms with Crippen LogP contribution in [0.15, 0.2) is 54.6 Å². The summed E-state index contributed by atoms with van der Waals surface area (Å²) in [5.41, 5.74) is 2.94. The number of hydrogen-bond acceptors (Lipinski definition) is 3. The van der Waals surface area contributed by atoms with E-state index in [0.717, 1.165) is 24.2 Å². The molecule has 0 saturated carbocycles.